The van der Waals surface area contributed by atoms with Gasteiger partial charge in [-0.2, -0.15) is 0 Å². The molecule has 87 heavy (non-hydrogen) atoms. The Morgan fingerprint density at radius 3 is 2.44 bits per heavy atom. The molecule has 3 heterocycles. The van der Waals surface area contributed by atoms with Crippen LogP contribution in [-0.4, -0.2) is 140 Å². The highest BCUT2D eigenvalue weighted by Crippen LogP contribution is 2.71. The maximum absolute atomic E-state index is 14.8. The molecule has 13 atom stereocenters. The van der Waals surface area contributed by atoms with Crippen molar-refractivity contribution in [1.82, 2.24) is 20.9 Å². The first-order valence-corrected chi connectivity index (χ1v) is 32.0. The van der Waals surface area contributed by atoms with Crippen LogP contribution in [0.25, 0.3) is 11.1 Å². The average Bonchev–Trinajstić information content (AvgIpc) is 0.804. The summed E-state index contributed by atoms with van der Waals surface area (Å²) < 4.78 is 32.3. The van der Waals surface area contributed by atoms with Crippen molar-refractivity contribution in [2.75, 3.05) is 92.5 Å². The molecule has 4 aromatic rings. The number of hydrogen-bond donors (Lipinski definition) is 10. The van der Waals surface area contributed by atoms with Gasteiger partial charge in [-0.3, -0.25) is 19.8 Å². The maximum Gasteiger partial charge on any atom is 0.258 e. The molecule has 2 amide bonds. The fraction of sp³-hybridized carbons (Fsp3) is 0.565. The predicted octanol–water partition coefficient (Wildman–Crippen LogP) is 7.03. The Balaban J connectivity index is 0.884. The van der Waals surface area contributed by atoms with Crippen LogP contribution in [0.1, 0.15) is 128 Å². The van der Waals surface area contributed by atoms with Gasteiger partial charge in [-0.25, -0.2) is 0 Å². The number of likely N-dealkylation sites (N-methyl/N-ethyl adjacent to an activating group) is 2. The molecule has 6 aliphatic carbocycles. The molecule has 0 spiro atoms. The average molecular weight is 1190 g/mol. The zero-order valence-corrected chi connectivity index (χ0v) is 50.6. The smallest absolute Gasteiger partial charge is 0.258 e. The molecule has 0 radical (unpaired) electrons. The maximum atomic E-state index is 14.8. The Morgan fingerprint density at radius 2 is 1.68 bits per heavy atom. The molecule has 3 saturated carbocycles. The van der Waals surface area contributed by atoms with Crippen molar-refractivity contribution in [2.45, 2.75) is 113 Å². The van der Waals surface area contributed by atoms with Crippen LogP contribution < -0.4 is 45.0 Å². The molecular weight excluding hydrogens is 1110 g/mol. The minimum Gasteiger partial charge on any atom is -0.502 e. The molecule has 4 aromatic carbocycles. The Bertz CT molecular complexity index is 3340. The number of fused-ring (bicyclic) bond motifs is 9. The number of methoxy groups -OCH3 is 1. The number of imide groups is 1. The molecule has 0 saturated heterocycles. The van der Waals surface area contributed by atoms with E-state index in [9.17, 15) is 40.2 Å². The van der Waals surface area contributed by atoms with Crippen LogP contribution in [0.5, 0.6) is 34.5 Å². The van der Waals surface area contributed by atoms with E-state index in [0.717, 1.165) is 59.9 Å². The highest BCUT2D eigenvalue weighted by molar-refractivity contribution is 6.17. The molecule has 13 rings (SSSR count). The van der Waals surface area contributed by atoms with Gasteiger partial charge in [0.05, 0.1) is 44.1 Å². The van der Waals surface area contributed by atoms with Gasteiger partial charge in [-0.15, -0.1) is 0 Å². The summed E-state index contributed by atoms with van der Waals surface area (Å²) in [4.78, 5) is 31.0. The second-order valence-electron chi connectivity index (χ2n) is 26.1. The summed E-state index contributed by atoms with van der Waals surface area (Å²) in [5, 5.41) is 84.0. The van der Waals surface area contributed by atoms with Gasteiger partial charge < -0.3 is 70.3 Å². The Hall–Kier alpha value is -6.22. The molecule has 3 aliphatic heterocycles. The number of carbonyl (C=O) groups excluding carboxylic acids is 2. The number of aliphatic hydroxyl groups is 5. The SMILES string of the molecule is CCNCOc1cc(OCCNC)c2c3c1[C@@H](O)Nc1cc4c(c(c1-3)CC2)[C@@H](O)[C@H](c1cc(OC)c(O)c(OC[C@H](CO)[C@]23C[C@H](C5(N6C(=O)C=C(CNC)C6=O)CCCCC5)C[C@@H]5[C@@H]6[C@@H](C=C[C@@H](CCO)[C@H]6CO)[C@H](C[C@H]52)c2ccccc23)c1)CO4. The summed E-state index contributed by atoms with van der Waals surface area (Å²) >= 11 is 0. The van der Waals surface area contributed by atoms with Crippen molar-refractivity contribution in [2.24, 2.45) is 47.3 Å². The Labute approximate surface area is 509 Å². The number of allylic oxidation sites excluding steroid dienone is 2. The highest BCUT2D eigenvalue weighted by Gasteiger charge is 2.67. The van der Waals surface area contributed by atoms with Crippen LogP contribution >= 0.6 is 0 Å². The Kier molecular flexibility index (Phi) is 16.7. The number of nitrogens with zero attached hydrogens (tertiary/aromatic N) is 1. The van der Waals surface area contributed by atoms with Crippen molar-refractivity contribution in [3.63, 3.8) is 0 Å². The summed E-state index contributed by atoms with van der Waals surface area (Å²) in [7, 11) is 5.14. The standard InChI is InChI=1S/C69H87N5O13/c1-5-72-36-87-55-29-53(84-22-20-70-2)44-15-16-45-60-52(73-66(81)63(55)62(44)60)28-54-61(45)64(79)49(35-86-54)38-23-56(83-4)65(80)57(24-38)85-34-41(32-76)69-30-40(68(18-9-6-10-19-68)74-58(78)25-39(31-71-3)67(74)82)26-47-51(69)27-46(42-11-7-8-12-50(42)69)43-14-13-37(17-21-75)48(33-77)59(43)47/h7-8,11-14,23-25,28-29,37,40-41,43,46-49,51,59,64,66,70-73,75-77,79-81H,5-6,9-10,15-22,26-27,30-36H2,1-4H3/t37-,40+,41-,43-,46+,47-,48+,49-,51+,59-,64-,66+,69-/m0/s1. The number of phenols is 1. The van der Waals surface area contributed by atoms with E-state index in [2.05, 4.69) is 57.7 Å². The third-order valence-electron chi connectivity index (χ3n) is 22.3. The molecule has 2 bridgehead atoms. The second kappa shape index (κ2) is 24.3. The lowest BCUT2D eigenvalue weighted by Gasteiger charge is -2.68. The van der Waals surface area contributed by atoms with Crippen LogP contribution in [-0.2, 0) is 27.8 Å². The minimum atomic E-state index is -1.10. The lowest BCUT2D eigenvalue weighted by Crippen LogP contribution is -2.67. The number of carbonyl (C=O) groups is 2. The zero-order chi connectivity index (χ0) is 60.5. The quantitative estimate of drug-likeness (QED) is 0.0164. The molecule has 18 heteroatoms. The summed E-state index contributed by atoms with van der Waals surface area (Å²) in [5.74, 6) is -0.146. The van der Waals surface area contributed by atoms with Gasteiger partial charge in [-0.1, -0.05) is 62.6 Å². The van der Waals surface area contributed by atoms with Crippen LogP contribution in [0.4, 0.5) is 5.69 Å². The van der Waals surface area contributed by atoms with Crippen molar-refractivity contribution in [3.05, 3.63) is 111 Å². The first-order chi connectivity index (χ1) is 42.4. The van der Waals surface area contributed by atoms with Gasteiger partial charge in [0.1, 0.15) is 30.6 Å². The highest BCUT2D eigenvalue weighted by atomic mass is 16.5. The third-order valence-corrected chi connectivity index (χ3v) is 22.3. The summed E-state index contributed by atoms with van der Waals surface area (Å²) in [6, 6.07) is 15.9. The van der Waals surface area contributed by atoms with Crippen LogP contribution in [0.3, 0.4) is 0 Å². The summed E-state index contributed by atoms with van der Waals surface area (Å²) in [6.45, 7) is 3.96. The zero-order valence-electron chi connectivity index (χ0n) is 50.6. The predicted molar refractivity (Wildman–Crippen MR) is 327 cm³/mol. The molecule has 0 unspecified atom stereocenters. The summed E-state index contributed by atoms with van der Waals surface area (Å²) in [6.07, 6.45) is 11.8. The number of phenolic OH excluding ortho intramolecular Hbond substituents is 1. The van der Waals surface area contributed by atoms with Crippen molar-refractivity contribution < 1.29 is 63.9 Å². The first kappa shape index (κ1) is 59.7. The second-order valence-corrected chi connectivity index (χ2v) is 26.1. The monoisotopic (exact) mass is 1190 g/mol. The molecule has 3 fully saturated rings. The molecular formula is C69H87N5O13. The number of ether oxygens (including phenoxy) is 5. The number of hydrogen-bond acceptors (Lipinski definition) is 17. The summed E-state index contributed by atoms with van der Waals surface area (Å²) in [5.41, 5.74) is 7.27. The lowest BCUT2D eigenvalue weighted by atomic mass is 9.37. The first-order valence-electron chi connectivity index (χ1n) is 32.0. The number of aliphatic hydroxyl groups excluding tert-OH is 5. The van der Waals surface area contributed by atoms with E-state index >= 15 is 0 Å². The van der Waals surface area contributed by atoms with Gasteiger partial charge in [0.2, 0.25) is 5.75 Å². The van der Waals surface area contributed by atoms with Crippen LogP contribution in [0.15, 0.2) is 72.3 Å². The van der Waals surface area contributed by atoms with Gasteiger partial charge in [-0.05, 0) is 154 Å². The van der Waals surface area contributed by atoms with E-state index in [1.54, 1.807) is 24.1 Å². The molecule has 9 aliphatic rings. The number of benzene rings is 4. The number of rotatable bonds is 22. The van der Waals surface area contributed by atoms with E-state index in [4.69, 9.17) is 23.7 Å². The van der Waals surface area contributed by atoms with Crippen LogP contribution in [0.2, 0.25) is 0 Å². The molecule has 18 nitrogen and oxygen atoms in total. The number of aromatic hydroxyl groups is 1. The van der Waals surface area contributed by atoms with Gasteiger partial charge in [0.25, 0.3) is 11.8 Å². The van der Waals surface area contributed by atoms with Gasteiger partial charge in [0.15, 0.2) is 17.7 Å². The third kappa shape index (κ3) is 9.64. The minimum absolute atomic E-state index is 0.00147. The fourth-order valence-corrected chi connectivity index (χ4v) is 18.7. The largest absolute Gasteiger partial charge is 0.502 e. The van der Waals surface area contributed by atoms with E-state index in [-0.39, 0.29) is 123 Å². The number of amides is 2. The van der Waals surface area contributed by atoms with E-state index in [1.807, 2.05) is 26.1 Å². The molecule has 10 N–H and O–H groups in total. The normalized spacial score (nSPS) is 29.8. The topological polar surface area (TPSA) is 253 Å². The number of nitrogens with one attached hydrogen (secondary N) is 4. The van der Waals surface area contributed by atoms with Crippen LogP contribution in [0, 0.1) is 47.3 Å². The van der Waals surface area contributed by atoms with Crippen molar-refractivity contribution in [1.29, 1.82) is 0 Å². The van der Waals surface area contributed by atoms with E-state index in [0.29, 0.717) is 103 Å². The molecule has 466 valence electrons. The van der Waals surface area contributed by atoms with Crippen molar-refractivity contribution >= 4 is 17.5 Å². The van der Waals surface area contributed by atoms with Gasteiger partial charge in [0, 0.05) is 95.3 Å². The van der Waals surface area contributed by atoms with Crippen molar-refractivity contribution in [3.8, 4) is 45.6 Å². The van der Waals surface area contributed by atoms with Gasteiger partial charge >= 0.3 is 0 Å². The number of anilines is 1. The fourth-order valence-electron chi connectivity index (χ4n) is 18.7. The lowest BCUT2D eigenvalue weighted by molar-refractivity contribution is -0.161. The van der Waals surface area contributed by atoms with E-state index in [1.165, 1.54) is 18.7 Å². The van der Waals surface area contributed by atoms with E-state index < -0.39 is 35.1 Å². The Morgan fingerprint density at radius 1 is 0.874 bits per heavy atom. The molecule has 0 aromatic heterocycles.